The maximum absolute atomic E-state index is 5.83. The highest BCUT2D eigenvalue weighted by atomic mass is 79.9. The van der Waals surface area contributed by atoms with Crippen LogP contribution in [0.1, 0.15) is 18.4 Å². The number of halogens is 1. The first kappa shape index (κ1) is 11.7. The average Bonchev–Trinajstić information content (AvgIpc) is 2.18. The summed E-state index contributed by atoms with van der Waals surface area (Å²) in [4.78, 5) is 0. The Balaban J connectivity index is 2.02. The third kappa shape index (κ3) is 2.33. The van der Waals surface area contributed by atoms with E-state index in [1.807, 2.05) is 13.0 Å². The van der Waals surface area contributed by atoms with E-state index in [9.17, 15) is 0 Å². The molecule has 0 aromatic heterocycles. The fourth-order valence-corrected chi connectivity index (χ4v) is 2.38. The number of nitrogens with two attached hydrogens (primary N) is 1. The van der Waals surface area contributed by atoms with Crippen LogP contribution in [0.3, 0.4) is 0 Å². The van der Waals surface area contributed by atoms with Gasteiger partial charge < -0.3 is 15.8 Å². The second-order valence-corrected chi connectivity index (χ2v) is 5.21. The molecular formula is C12H17BrN2O. The van der Waals surface area contributed by atoms with Crippen molar-refractivity contribution >= 4 is 27.3 Å². The number of nitrogen functional groups attached to an aromatic ring is 1. The zero-order valence-corrected chi connectivity index (χ0v) is 11.2. The number of benzene rings is 1. The number of anilines is 2. The smallest absolute Gasteiger partial charge is 0.0610 e. The van der Waals surface area contributed by atoms with Gasteiger partial charge in [0.05, 0.1) is 6.10 Å². The topological polar surface area (TPSA) is 47.3 Å². The van der Waals surface area contributed by atoms with Gasteiger partial charge in [-0.3, -0.25) is 0 Å². The van der Waals surface area contributed by atoms with Gasteiger partial charge in [-0.1, -0.05) is 0 Å². The molecule has 1 saturated carbocycles. The van der Waals surface area contributed by atoms with Crippen LogP contribution in [0.15, 0.2) is 16.6 Å². The van der Waals surface area contributed by atoms with Crippen molar-refractivity contribution in [1.82, 2.24) is 0 Å². The molecule has 0 radical (unpaired) electrons. The molecular weight excluding hydrogens is 268 g/mol. The van der Waals surface area contributed by atoms with E-state index in [0.717, 1.165) is 34.3 Å². The molecule has 0 unspecified atom stereocenters. The number of methoxy groups -OCH3 is 1. The molecule has 4 heteroatoms. The van der Waals surface area contributed by atoms with Gasteiger partial charge in [0.25, 0.3) is 0 Å². The van der Waals surface area contributed by atoms with E-state index in [1.54, 1.807) is 7.11 Å². The summed E-state index contributed by atoms with van der Waals surface area (Å²) in [5.74, 6) is 0. The Morgan fingerprint density at radius 3 is 2.75 bits per heavy atom. The second kappa shape index (κ2) is 4.63. The minimum atomic E-state index is 0.422. The minimum absolute atomic E-state index is 0.422. The quantitative estimate of drug-likeness (QED) is 0.839. The molecule has 1 aromatic rings. The lowest BCUT2D eigenvalue weighted by Crippen LogP contribution is -2.40. The van der Waals surface area contributed by atoms with E-state index >= 15 is 0 Å². The Morgan fingerprint density at radius 2 is 2.12 bits per heavy atom. The van der Waals surface area contributed by atoms with Crippen LogP contribution in [0.4, 0.5) is 11.4 Å². The number of hydrogen-bond donors (Lipinski definition) is 2. The summed E-state index contributed by atoms with van der Waals surface area (Å²) in [6, 6.07) is 4.55. The summed E-state index contributed by atoms with van der Waals surface area (Å²) in [6.07, 6.45) is 2.57. The lowest BCUT2D eigenvalue weighted by Gasteiger charge is -2.35. The van der Waals surface area contributed by atoms with Crippen molar-refractivity contribution in [1.29, 1.82) is 0 Å². The van der Waals surface area contributed by atoms with Crippen LogP contribution in [0, 0.1) is 6.92 Å². The standard InChI is InChI=1S/C12H17BrN2O/c1-7-3-12(10(13)6-11(7)14)15-8-4-9(5-8)16-2/h3,6,8-9,15H,4-5,14H2,1-2H3. The van der Waals surface area contributed by atoms with Crippen LogP contribution in [0.5, 0.6) is 0 Å². The van der Waals surface area contributed by atoms with Crippen molar-refractivity contribution < 1.29 is 4.74 Å². The molecule has 0 atom stereocenters. The molecule has 0 heterocycles. The van der Waals surface area contributed by atoms with E-state index in [1.165, 1.54) is 0 Å². The van der Waals surface area contributed by atoms with E-state index in [0.29, 0.717) is 12.1 Å². The van der Waals surface area contributed by atoms with Gasteiger partial charge in [0.15, 0.2) is 0 Å². The fraction of sp³-hybridized carbons (Fsp3) is 0.500. The fourth-order valence-electron chi connectivity index (χ4n) is 1.90. The zero-order chi connectivity index (χ0) is 11.7. The predicted octanol–water partition coefficient (Wildman–Crippen LogP) is 2.93. The molecule has 0 saturated heterocycles. The highest BCUT2D eigenvalue weighted by Crippen LogP contribution is 2.32. The highest BCUT2D eigenvalue weighted by molar-refractivity contribution is 9.10. The zero-order valence-electron chi connectivity index (χ0n) is 9.59. The van der Waals surface area contributed by atoms with Gasteiger partial charge in [-0.25, -0.2) is 0 Å². The molecule has 3 nitrogen and oxygen atoms in total. The first-order valence-electron chi connectivity index (χ1n) is 5.45. The molecule has 16 heavy (non-hydrogen) atoms. The van der Waals surface area contributed by atoms with Crippen molar-refractivity contribution in [3.63, 3.8) is 0 Å². The molecule has 0 aliphatic heterocycles. The molecule has 0 amide bonds. The van der Waals surface area contributed by atoms with Gasteiger partial charge in [-0.15, -0.1) is 0 Å². The summed E-state index contributed by atoms with van der Waals surface area (Å²) in [7, 11) is 1.77. The van der Waals surface area contributed by atoms with Gasteiger partial charge >= 0.3 is 0 Å². The third-order valence-electron chi connectivity index (χ3n) is 3.14. The SMILES string of the molecule is COC1CC(Nc2cc(C)c(N)cc2Br)C1. The Labute approximate surface area is 104 Å². The first-order valence-corrected chi connectivity index (χ1v) is 6.24. The molecule has 0 spiro atoms. The highest BCUT2D eigenvalue weighted by Gasteiger charge is 2.29. The number of aryl methyl sites for hydroxylation is 1. The number of nitrogens with one attached hydrogen (secondary N) is 1. The maximum Gasteiger partial charge on any atom is 0.0610 e. The normalized spacial score (nSPS) is 23.9. The van der Waals surface area contributed by atoms with Crippen molar-refractivity contribution in [2.75, 3.05) is 18.2 Å². The molecule has 1 fully saturated rings. The summed E-state index contributed by atoms with van der Waals surface area (Å²) < 4.78 is 6.28. The summed E-state index contributed by atoms with van der Waals surface area (Å²) in [5, 5.41) is 3.50. The van der Waals surface area contributed by atoms with E-state index < -0.39 is 0 Å². The molecule has 2 rings (SSSR count). The van der Waals surface area contributed by atoms with Gasteiger partial charge in [0.1, 0.15) is 0 Å². The van der Waals surface area contributed by atoms with Crippen LogP contribution in [0.2, 0.25) is 0 Å². The first-order chi connectivity index (χ1) is 7.60. The minimum Gasteiger partial charge on any atom is -0.398 e. The second-order valence-electron chi connectivity index (χ2n) is 4.36. The summed E-state index contributed by atoms with van der Waals surface area (Å²) >= 11 is 3.52. The van der Waals surface area contributed by atoms with Crippen LogP contribution in [0.25, 0.3) is 0 Å². The van der Waals surface area contributed by atoms with Crippen LogP contribution in [-0.4, -0.2) is 19.3 Å². The Kier molecular flexibility index (Phi) is 3.40. The monoisotopic (exact) mass is 284 g/mol. The molecule has 1 aliphatic rings. The van der Waals surface area contributed by atoms with Gasteiger partial charge in [-0.2, -0.15) is 0 Å². The average molecular weight is 285 g/mol. The van der Waals surface area contributed by atoms with Crippen LogP contribution in [-0.2, 0) is 4.74 Å². The number of ether oxygens (including phenoxy) is 1. The maximum atomic E-state index is 5.83. The predicted molar refractivity (Wildman–Crippen MR) is 70.7 cm³/mol. The molecule has 1 aliphatic carbocycles. The van der Waals surface area contributed by atoms with E-state index in [-0.39, 0.29) is 0 Å². The Bertz CT molecular complexity index is 389. The molecule has 88 valence electrons. The van der Waals surface area contributed by atoms with Gasteiger partial charge in [0.2, 0.25) is 0 Å². The Hall–Kier alpha value is -0.740. The summed E-state index contributed by atoms with van der Waals surface area (Å²) in [6.45, 7) is 2.02. The largest absolute Gasteiger partial charge is 0.398 e. The van der Waals surface area contributed by atoms with Crippen LogP contribution >= 0.6 is 15.9 Å². The van der Waals surface area contributed by atoms with Crippen molar-refractivity contribution in [3.05, 3.63) is 22.2 Å². The lowest BCUT2D eigenvalue weighted by atomic mass is 9.89. The summed E-state index contributed by atoms with van der Waals surface area (Å²) in [5.41, 5.74) is 8.87. The van der Waals surface area contributed by atoms with Crippen molar-refractivity contribution in [2.24, 2.45) is 0 Å². The molecule has 0 bridgehead atoms. The van der Waals surface area contributed by atoms with Gasteiger partial charge in [0, 0.05) is 29.0 Å². The van der Waals surface area contributed by atoms with E-state index in [2.05, 4.69) is 27.3 Å². The van der Waals surface area contributed by atoms with Gasteiger partial charge in [-0.05, 0) is 53.4 Å². The van der Waals surface area contributed by atoms with Crippen LogP contribution < -0.4 is 11.1 Å². The molecule has 3 N–H and O–H groups in total. The van der Waals surface area contributed by atoms with Crippen molar-refractivity contribution in [3.8, 4) is 0 Å². The van der Waals surface area contributed by atoms with E-state index in [4.69, 9.17) is 10.5 Å². The third-order valence-corrected chi connectivity index (χ3v) is 3.80. The van der Waals surface area contributed by atoms with Crippen molar-refractivity contribution in [2.45, 2.75) is 31.9 Å². The molecule has 1 aromatic carbocycles. The lowest BCUT2D eigenvalue weighted by molar-refractivity contribution is 0.0328. The Morgan fingerprint density at radius 1 is 1.44 bits per heavy atom. The number of hydrogen-bond acceptors (Lipinski definition) is 3. The number of rotatable bonds is 3.